The second-order valence-electron chi connectivity index (χ2n) is 8.05. The molecule has 0 saturated carbocycles. The smallest absolute Gasteiger partial charge is 0.280 e. The summed E-state index contributed by atoms with van der Waals surface area (Å²) in [6.07, 6.45) is -2.26. The number of nitrogens with zero attached hydrogens (tertiary/aromatic N) is 5. The van der Waals surface area contributed by atoms with Gasteiger partial charge in [-0.2, -0.15) is 0 Å². The molecule has 1 aliphatic heterocycles. The molecule has 1 aliphatic rings. The number of nitrogens with two attached hydrogens (primary N) is 1. The van der Waals surface area contributed by atoms with Crippen LogP contribution in [-0.2, 0) is 41.1 Å². The molecule has 3 aromatic rings. The summed E-state index contributed by atoms with van der Waals surface area (Å²) in [7, 11) is -18.0. The third-order valence-electron chi connectivity index (χ3n) is 5.08. The Kier molecular flexibility index (Phi) is 9.67. The van der Waals surface area contributed by atoms with Crippen LogP contribution in [0.1, 0.15) is 6.23 Å². The molecule has 42 heavy (non-hydrogen) atoms. The molecule has 4 heterocycles. The molecule has 4 rings (SSSR count). The number of carbonyl (C=O) groups excluding carboxylic acids is 1. The van der Waals surface area contributed by atoms with Crippen LogP contribution < -0.4 is 25.7 Å². The highest BCUT2D eigenvalue weighted by Gasteiger charge is 2.47. The van der Waals surface area contributed by atoms with Crippen LogP contribution in [0.5, 0.6) is 0 Å². The first-order valence-corrected chi connectivity index (χ1v) is 15.8. The van der Waals surface area contributed by atoms with Crippen molar-refractivity contribution in [3.63, 3.8) is 0 Å². The first kappa shape index (κ1) is 32.3. The van der Waals surface area contributed by atoms with Gasteiger partial charge >= 0.3 is 0 Å². The minimum atomic E-state index is -6.17. The SMILES string of the molecule is Nc1nc(=S)c2ncn([C@@H]3O[C@H](COP(=O)([O-])OP(=O)([O-])OP(=O)([O-])O)C(O)[C@@H]3OCC(=O)Nc3ncccn3)c2[nH]1. The number of anilines is 2. The highest BCUT2D eigenvalue weighted by molar-refractivity contribution is 7.71. The molecule has 230 valence electrons. The van der Waals surface area contributed by atoms with Gasteiger partial charge in [0.25, 0.3) is 29.4 Å². The first-order chi connectivity index (χ1) is 19.5. The highest BCUT2D eigenvalue weighted by Crippen LogP contribution is 2.61. The van der Waals surface area contributed by atoms with E-state index < -0.39 is 67.1 Å². The molecule has 0 radical (unpaired) electrons. The number of rotatable bonds is 12. The number of carbonyl (C=O) groups is 1. The van der Waals surface area contributed by atoms with Crippen molar-refractivity contribution in [1.29, 1.82) is 0 Å². The fraction of sp³-hybridized carbons (Fsp3) is 0.375. The number of aromatic nitrogens is 6. The molecule has 22 nitrogen and oxygen atoms in total. The quantitative estimate of drug-likeness (QED) is 0.0988. The fourth-order valence-electron chi connectivity index (χ4n) is 3.55. The van der Waals surface area contributed by atoms with Crippen molar-refractivity contribution in [2.24, 2.45) is 0 Å². The van der Waals surface area contributed by atoms with E-state index in [9.17, 15) is 38.3 Å². The Morgan fingerprint density at radius 1 is 1.19 bits per heavy atom. The van der Waals surface area contributed by atoms with Gasteiger partial charge in [0.05, 0.1) is 12.9 Å². The van der Waals surface area contributed by atoms with E-state index in [-0.39, 0.29) is 27.7 Å². The number of hydrogen-bond donors (Lipinski definition) is 5. The number of amides is 1. The van der Waals surface area contributed by atoms with Crippen LogP contribution >= 0.6 is 35.7 Å². The van der Waals surface area contributed by atoms with Gasteiger partial charge in [0.15, 0.2) is 16.8 Å². The monoisotopic (exact) mass is 671 g/mol. The van der Waals surface area contributed by atoms with Crippen LogP contribution in [0.15, 0.2) is 24.8 Å². The fourth-order valence-corrected chi connectivity index (χ4v) is 6.70. The zero-order valence-electron chi connectivity index (χ0n) is 20.4. The molecular weight excluding hydrogens is 653 g/mol. The van der Waals surface area contributed by atoms with Crippen molar-refractivity contribution in [3.05, 3.63) is 29.4 Å². The first-order valence-electron chi connectivity index (χ1n) is 11.0. The number of aliphatic hydroxyl groups is 1. The van der Waals surface area contributed by atoms with Crippen LogP contribution in [0.2, 0.25) is 0 Å². The van der Waals surface area contributed by atoms with Crippen molar-refractivity contribution in [2.45, 2.75) is 24.5 Å². The van der Waals surface area contributed by atoms with Crippen LogP contribution in [0, 0.1) is 4.64 Å². The van der Waals surface area contributed by atoms with E-state index in [1.807, 2.05) is 0 Å². The molecule has 1 saturated heterocycles. The number of ether oxygens (including phenoxy) is 2. The van der Waals surface area contributed by atoms with Gasteiger partial charge in [-0.1, -0.05) is 12.2 Å². The van der Waals surface area contributed by atoms with E-state index in [1.54, 1.807) is 0 Å². The van der Waals surface area contributed by atoms with Crippen molar-refractivity contribution in [1.82, 2.24) is 29.5 Å². The molecule has 0 aliphatic carbocycles. The van der Waals surface area contributed by atoms with E-state index in [0.29, 0.717) is 0 Å². The number of nitrogen functional groups attached to an aromatic ring is 1. The largest absolute Gasteiger partial charge is 0.756 e. The summed E-state index contributed by atoms with van der Waals surface area (Å²) in [5, 5.41) is 13.3. The minimum Gasteiger partial charge on any atom is -0.756 e. The van der Waals surface area contributed by atoms with Gasteiger partial charge in [0.1, 0.15) is 36.1 Å². The van der Waals surface area contributed by atoms with E-state index in [4.69, 9.17) is 32.3 Å². The molecule has 3 aromatic heterocycles. The van der Waals surface area contributed by atoms with E-state index in [1.165, 1.54) is 29.4 Å². The third kappa shape index (κ3) is 8.28. The molecule has 0 bridgehead atoms. The summed E-state index contributed by atoms with van der Waals surface area (Å²) in [4.78, 5) is 73.2. The molecule has 6 N–H and O–H groups in total. The number of imidazole rings is 1. The van der Waals surface area contributed by atoms with Crippen molar-refractivity contribution < 1.29 is 65.8 Å². The normalized spacial score (nSPS) is 25.0. The summed E-state index contributed by atoms with van der Waals surface area (Å²) < 4.78 is 57.8. The zero-order valence-corrected chi connectivity index (χ0v) is 23.9. The molecular formula is C16H18N8O14P3S-3. The Balaban J connectivity index is 1.53. The highest BCUT2D eigenvalue weighted by atomic mass is 32.1. The number of aliphatic hydroxyl groups excluding tert-OH is 1. The van der Waals surface area contributed by atoms with Gasteiger partial charge in [-0.15, -0.1) is 0 Å². The Labute approximate surface area is 238 Å². The lowest BCUT2D eigenvalue weighted by Crippen LogP contribution is -2.38. The molecule has 1 fully saturated rings. The summed E-state index contributed by atoms with van der Waals surface area (Å²) in [6.45, 7) is -1.82. The molecule has 4 unspecified atom stereocenters. The number of aromatic amines is 1. The standard InChI is InChI=1S/C16H21N8O14P3S/c17-15-22-12-9(13(42)23-15)20-6-24(12)14-11(34-5-8(25)21-16-18-2-1-3-19-16)10(26)7(36-14)4-35-40(30,31)38-41(32,33)37-39(27,28)29/h1-3,6-7,10-11,14,26H,4-5H2,(H,30,31)(H,32,33)(H2,27,28,29)(H3,17,22,23,42)(H,18,19,21,25)/p-3/t7-,10?,11+,14-/m1/s1. The maximum absolute atomic E-state index is 12.4. The average Bonchev–Trinajstić information content (AvgIpc) is 3.40. The summed E-state index contributed by atoms with van der Waals surface area (Å²) in [5.74, 6) is -0.918. The van der Waals surface area contributed by atoms with Gasteiger partial charge in [0, 0.05) is 12.4 Å². The van der Waals surface area contributed by atoms with Gasteiger partial charge in [-0.25, -0.2) is 28.6 Å². The van der Waals surface area contributed by atoms with E-state index in [0.717, 1.165) is 0 Å². The Morgan fingerprint density at radius 2 is 1.88 bits per heavy atom. The van der Waals surface area contributed by atoms with Crippen LogP contribution in [0.25, 0.3) is 11.2 Å². The lowest BCUT2D eigenvalue weighted by Gasteiger charge is -2.33. The Bertz CT molecular complexity index is 1650. The lowest BCUT2D eigenvalue weighted by atomic mass is 10.1. The van der Waals surface area contributed by atoms with Gasteiger partial charge < -0.3 is 49.4 Å². The van der Waals surface area contributed by atoms with Crippen molar-refractivity contribution in [3.8, 4) is 0 Å². The predicted octanol–water partition coefficient (Wildman–Crippen LogP) is -2.41. The van der Waals surface area contributed by atoms with Gasteiger partial charge in [0.2, 0.25) is 5.95 Å². The number of phosphoric ester groups is 1. The predicted molar refractivity (Wildman–Crippen MR) is 131 cm³/mol. The molecule has 26 heteroatoms. The lowest BCUT2D eigenvalue weighted by molar-refractivity contribution is -0.250. The maximum atomic E-state index is 12.4. The second kappa shape index (κ2) is 12.6. The van der Waals surface area contributed by atoms with Crippen LogP contribution in [0.4, 0.5) is 11.9 Å². The number of phosphoric acid groups is 3. The summed E-state index contributed by atoms with van der Waals surface area (Å²) in [6, 6.07) is 1.51. The minimum absolute atomic E-state index is 0.00246. The zero-order chi connectivity index (χ0) is 30.9. The third-order valence-corrected chi connectivity index (χ3v) is 9.05. The molecule has 1 amide bonds. The maximum Gasteiger partial charge on any atom is 0.280 e. The van der Waals surface area contributed by atoms with E-state index >= 15 is 0 Å². The summed E-state index contributed by atoms with van der Waals surface area (Å²) >= 11 is 5.13. The molecule has 0 spiro atoms. The molecule has 0 aromatic carbocycles. The number of fused-ring (bicyclic) bond motifs is 1. The number of nitrogens with one attached hydrogen (secondary N) is 2. The average molecular weight is 671 g/mol. The van der Waals surface area contributed by atoms with Crippen LogP contribution in [-0.4, -0.2) is 76.9 Å². The molecule has 7 atom stereocenters. The number of hydrogen-bond acceptors (Lipinski definition) is 19. The van der Waals surface area contributed by atoms with Crippen molar-refractivity contribution >= 4 is 64.7 Å². The Hall–Kier alpha value is -2.59. The second-order valence-corrected chi connectivity index (χ2v) is 12.7. The topological polar surface area (TPSA) is 334 Å². The van der Waals surface area contributed by atoms with E-state index in [2.05, 4.69) is 43.4 Å². The van der Waals surface area contributed by atoms with Gasteiger partial charge in [-0.3, -0.25) is 28.4 Å². The van der Waals surface area contributed by atoms with Crippen LogP contribution in [0.3, 0.4) is 0 Å². The van der Waals surface area contributed by atoms with Crippen molar-refractivity contribution in [2.75, 3.05) is 24.3 Å². The Morgan fingerprint density at radius 3 is 2.55 bits per heavy atom. The summed E-state index contributed by atoms with van der Waals surface area (Å²) in [5.41, 5.74) is 6.01. The number of H-pyrrole nitrogens is 1. The van der Waals surface area contributed by atoms with Gasteiger partial charge in [-0.05, 0) is 6.07 Å².